The number of aliphatic hydroxyl groups excluding tert-OH is 2. The molecule has 0 spiro atoms. The van der Waals surface area contributed by atoms with E-state index in [1.54, 1.807) is 0 Å². The van der Waals surface area contributed by atoms with Crippen molar-refractivity contribution in [3.8, 4) is 0 Å². The Morgan fingerprint density at radius 3 is 2.15 bits per heavy atom. The highest BCUT2D eigenvalue weighted by Crippen LogP contribution is 2.37. The van der Waals surface area contributed by atoms with Gasteiger partial charge in [0.2, 0.25) is 0 Å². The van der Waals surface area contributed by atoms with Gasteiger partial charge in [0.1, 0.15) is 6.23 Å². The Bertz CT molecular complexity index is 176. The van der Waals surface area contributed by atoms with Crippen molar-refractivity contribution in [2.24, 2.45) is 17.3 Å². The Morgan fingerprint density at radius 2 is 1.77 bits per heavy atom. The molecule has 78 valence electrons. The maximum absolute atomic E-state index is 9.82. The zero-order chi connectivity index (χ0) is 10.2. The van der Waals surface area contributed by atoms with Gasteiger partial charge >= 0.3 is 0 Å². The summed E-state index contributed by atoms with van der Waals surface area (Å²) in [5.41, 5.74) is 0.0436. The largest absolute Gasteiger partial charge is 0.391 e. The minimum absolute atomic E-state index is 0.0436. The molecule has 0 amide bonds. The summed E-state index contributed by atoms with van der Waals surface area (Å²) < 4.78 is 0. The number of β-amino-alcohol motifs (C(OH)–C–C–N with tert-alkyl or cyclic N) is 1. The number of hydrogen-bond donors (Lipinski definition) is 3. The summed E-state index contributed by atoms with van der Waals surface area (Å²) in [5.74, 6) is 0.257. The first-order valence-corrected chi connectivity index (χ1v) is 4.93. The minimum Gasteiger partial charge on any atom is -0.391 e. The van der Waals surface area contributed by atoms with E-state index in [2.05, 4.69) is 26.1 Å². The molecule has 1 aliphatic rings. The number of aliphatic hydroxyl groups is 2. The van der Waals surface area contributed by atoms with Gasteiger partial charge < -0.3 is 10.2 Å². The molecule has 1 rings (SSSR count). The second-order valence-corrected chi connectivity index (χ2v) is 5.17. The minimum atomic E-state index is -0.479. The second-order valence-electron chi connectivity index (χ2n) is 5.17. The molecule has 0 aromatic heterocycles. The van der Waals surface area contributed by atoms with Gasteiger partial charge in [-0.15, -0.1) is 0 Å². The first kappa shape index (κ1) is 11.0. The third kappa shape index (κ3) is 2.22. The first-order valence-electron chi connectivity index (χ1n) is 4.93. The highest BCUT2D eigenvalue weighted by atomic mass is 16.3. The molecule has 0 saturated carbocycles. The van der Waals surface area contributed by atoms with Crippen LogP contribution < -0.4 is 5.32 Å². The van der Waals surface area contributed by atoms with Gasteiger partial charge in [-0.2, -0.15) is 0 Å². The van der Waals surface area contributed by atoms with Crippen LogP contribution in [0.25, 0.3) is 0 Å². The van der Waals surface area contributed by atoms with E-state index in [4.69, 9.17) is 0 Å². The molecule has 4 atom stereocenters. The van der Waals surface area contributed by atoms with E-state index in [0.29, 0.717) is 6.54 Å². The summed E-state index contributed by atoms with van der Waals surface area (Å²) in [6.45, 7) is 8.80. The molecule has 0 aliphatic carbocycles. The van der Waals surface area contributed by atoms with Gasteiger partial charge in [-0.3, -0.25) is 5.32 Å². The van der Waals surface area contributed by atoms with Crippen molar-refractivity contribution in [3.63, 3.8) is 0 Å². The number of rotatable bonds is 0. The lowest BCUT2D eigenvalue weighted by molar-refractivity contribution is -0.0831. The average molecular weight is 187 g/mol. The SMILES string of the molecule is CC1C(O)NCC(O)C1C(C)(C)C. The van der Waals surface area contributed by atoms with Gasteiger partial charge in [-0.05, 0) is 11.3 Å². The monoisotopic (exact) mass is 187 g/mol. The van der Waals surface area contributed by atoms with Crippen LogP contribution in [0.15, 0.2) is 0 Å². The summed E-state index contributed by atoms with van der Waals surface area (Å²) in [5, 5.41) is 22.3. The maximum atomic E-state index is 9.82. The highest BCUT2D eigenvalue weighted by Gasteiger charge is 2.41. The molecule has 3 nitrogen and oxygen atoms in total. The molecule has 4 unspecified atom stereocenters. The zero-order valence-electron chi connectivity index (χ0n) is 8.91. The molecule has 13 heavy (non-hydrogen) atoms. The van der Waals surface area contributed by atoms with Crippen molar-refractivity contribution in [2.75, 3.05) is 6.54 Å². The Kier molecular flexibility index (Phi) is 3.00. The van der Waals surface area contributed by atoms with E-state index in [0.717, 1.165) is 0 Å². The lowest BCUT2D eigenvalue weighted by Gasteiger charge is -2.44. The lowest BCUT2D eigenvalue weighted by Crippen LogP contribution is -2.56. The predicted octanol–water partition coefficient (Wildman–Crippen LogP) is 0.567. The maximum Gasteiger partial charge on any atom is 0.107 e. The van der Waals surface area contributed by atoms with Crippen molar-refractivity contribution >= 4 is 0 Å². The fourth-order valence-corrected chi connectivity index (χ4v) is 2.47. The van der Waals surface area contributed by atoms with E-state index in [9.17, 15) is 10.2 Å². The molecular weight excluding hydrogens is 166 g/mol. The van der Waals surface area contributed by atoms with E-state index in [1.807, 2.05) is 6.92 Å². The molecule has 1 aliphatic heterocycles. The topological polar surface area (TPSA) is 52.5 Å². The molecule has 3 heteroatoms. The van der Waals surface area contributed by atoms with Gasteiger partial charge in [0.05, 0.1) is 6.10 Å². The van der Waals surface area contributed by atoms with E-state index >= 15 is 0 Å². The van der Waals surface area contributed by atoms with E-state index < -0.39 is 6.23 Å². The van der Waals surface area contributed by atoms with Gasteiger partial charge in [0, 0.05) is 12.5 Å². The average Bonchev–Trinajstić information content (AvgIpc) is 1.95. The molecule has 3 N–H and O–H groups in total. The molecule has 0 radical (unpaired) electrons. The Morgan fingerprint density at radius 1 is 1.23 bits per heavy atom. The van der Waals surface area contributed by atoms with Crippen molar-refractivity contribution in [1.82, 2.24) is 5.32 Å². The fraction of sp³-hybridized carbons (Fsp3) is 1.00. The fourth-order valence-electron chi connectivity index (χ4n) is 2.47. The normalized spacial score (nSPS) is 42.0. The van der Waals surface area contributed by atoms with Gasteiger partial charge in [0.25, 0.3) is 0 Å². The molecular formula is C10H21NO2. The quantitative estimate of drug-likeness (QED) is 0.519. The zero-order valence-corrected chi connectivity index (χ0v) is 8.91. The van der Waals surface area contributed by atoms with Gasteiger partial charge in [0.15, 0.2) is 0 Å². The van der Waals surface area contributed by atoms with E-state index in [-0.39, 0.29) is 23.4 Å². The molecule has 1 saturated heterocycles. The molecule has 0 aromatic rings. The standard InChI is InChI=1S/C10H21NO2/c1-6-8(10(2,3)4)7(12)5-11-9(6)13/h6-9,11-13H,5H2,1-4H3. The third-order valence-electron chi connectivity index (χ3n) is 3.02. The number of nitrogens with one attached hydrogen (secondary N) is 1. The summed E-state index contributed by atoms with van der Waals surface area (Å²) >= 11 is 0. The lowest BCUT2D eigenvalue weighted by atomic mass is 9.68. The third-order valence-corrected chi connectivity index (χ3v) is 3.02. The molecule has 0 aromatic carbocycles. The van der Waals surface area contributed by atoms with Crippen LogP contribution in [0.3, 0.4) is 0 Å². The summed E-state index contributed by atoms with van der Waals surface area (Å²) in [6.07, 6.45) is -0.828. The summed E-state index contributed by atoms with van der Waals surface area (Å²) in [4.78, 5) is 0. The first-order chi connectivity index (χ1) is 5.84. The Hall–Kier alpha value is -0.120. The van der Waals surface area contributed by atoms with Crippen LogP contribution in [0.2, 0.25) is 0 Å². The highest BCUT2D eigenvalue weighted by molar-refractivity contribution is 4.91. The van der Waals surface area contributed by atoms with Crippen LogP contribution in [0.5, 0.6) is 0 Å². The molecule has 0 bridgehead atoms. The van der Waals surface area contributed by atoms with Crippen molar-refractivity contribution in [1.29, 1.82) is 0 Å². The number of hydrogen-bond acceptors (Lipinski definition) is 3. The van der Waals surface area contributed by atoms with Gasteiger partial charge in [-0.1, -0.05) is 27.7 Å². The summed E-state index contributed by atoms with van der Waals surface area (Å²) in [7, 11) is 0. The van der Waals surface area contributed by atoms with Crippen molar-refractivity contribution in [3.05, 3.63) is 0 Å². The van der Waals surface area contributed by atoms with Crippen LogP contribution in [-0.4, -0.2) is 29.1 Å². The molecule has 1 heterocycles. The van der Waals surface area contributed by atoms with Crippen LogP contribution in [0, 0.1) is 17.3 Å². The van der Waals surface area contributed by atoms with Crippen LogP contribution in [0.1, 0.15) is 27.7 Å². The number of piperidine rings is 1. The van der Waals surface area contributed by atoms with Crippen molar-refractivity contribution < 1.29 is 10.2 Å². The summed E-state index contributed by atoms with van der Waals surface area (Å²) in [6, 6.07) is 0. The van der Waals surface area contributed by atoms with Gasteiger partial charge in [-0.25, -0.2) is 0 Å². The van der Waals surface area contributed by atoms with Crippen molar-refractivity contribution in [2.45, 2.75) is 40.0 Å². The van der Waals surface area contributed by atoms with Crippen LogP contribution >= 0.6 is 0 Å². The van der Waals surface area contributed by atoms with Crippen LogP contribution in [-0.2, 0) is 0 Å². The van der Waals surface area contributed by atoms with E-state index in [1.165, 1.54) is 0 Å². The molecule has 1 fully saturated rings. The second kappa shape index (κ2) is 3.56. The Labute approximate surface area is 80.2 Å². The van der Waals surface area contributed by atoms with Crippen LogP contribution in [0.4, 0.5) is 0 Å². The smallest absolute Gasteiger partial charge is 0.107 e. The Balaban J connectivity index is 2.78. The predicted molar refractivity (Wildman–Crippen MR) is 52.1 cm³/mol.